The number of carbonyl (C=O) groups is 1. The number of likely N-dealkylation sites (N-methyl/N-ethyl adjacent to an activating group) is 1. The number of rotatable bonds is 6. The van der Waals surface area contributed by atoms with Crippen LogP contribution < -0.4 is 0 Å². The third-order valence-corrected chi connectivity index (χ3v) is 3.64. The Labute approximate surface area is 116 Å². The molecule has 0 aromatic heterocycles. The Morgan fingerprint density at radius 2 is 2.16 bits per heavy atom. The summed E-state index contributed by atoms with van der Waals surface area (Å²) in [7, 11) is 0. The zero-order chi connectivity index (χ0) is 14.5. The topological polar surface area (TPSA) is 53.0 Å². The average Bonchev–Trinajstić information content (AvgIpc) is 2.33. The van der Waals surface area contributed by atoms with Gasteiger partial charge in [-0.3, -0.25) is 14.6 Å². The van der Waals surface area contributed by atoms with Crippen LogP contribution in [0.15, 0.2) is 0 Å². The van der Waals surface area contributed by atoms with E-state index >= 15 is 0 Å². The van der Waals surface area contributed by atoms with E-state index in [1.807, 2.05) is 0 Å². The molecule has 5 heteroatoms. The van der Waals surface area contributed by atoms with Crippen LogP contribution in [0.3, 0.4) is 0 Å². The lowest BCUT2D eigenvalue weighted by Crippen LogP contribution is -2.52. The first kappa shape index (κ1) is 16.4. The van der Waals surface area contributed by atoms with Gasteiger partial charge in [0.05, 0.1) is 19.1 Å². The van der Waals surface area contributed by atoms with E-state index in [1.165, 1.54) is 0 Å². The molecule has 1 N–H and O–H groups in total. The highest BCUT2D eigenvalue weighted by atomic mass is 16.5. The molecule has 1 unspecified atom stereocenters. The predicted octanol–water partition coefficient (Wildman–Crippen LogP) is 1.28. The summed E-state index contributed by atoms with van der Waals surface area (Å²) in [6.45, 7) is 13.7. The van der Waals surface area contributed by atoms with Crippen LogP contribution in [0, 0.1) is 0 Å². The fourth-order valence-electron chi connectivity index (χ4n) is 2.36. The quantitative estimate of drug-likeness (QED) is 0.789. The van der Waals surface area contributed by atoms with Gasteiger partial charge in [-0.15, -0.1) is 0 Å². The van der Waals surface area contributed by atoms with Crippen molar-refractivity contribution in [2.75, 3.05) is 39.3 Å². The largest absolute Gasteiger partial charge is 0.481 e. The van der Waals surface area contributed by atoms with Crippen molar-refractivity contribution in [1.29, 1.82) is 0 Å². The van der Waals surface area contributed by atoms with E-state index in [-0.39, 0.29) is 18.1 Å². The lowest BCUT2D eigenvalue weighted by Gasteiger charge is -2.40. The van der Waals surface area contributed by atoms with Crippen molar-refractivity contribution in [2.45, 2.75) is 45.8 Å². The van der Waals surface area contributed by atoms with E-state index in [1.54, 1.807) is 0 Å². The van der Waals surface area contributed by atoms with Gasteiger partial charge < -0.3 is 9.84 Å². The van der Waals surface area contributed by atoms with E-state index in [0.717, 1.165) is 32.8 Å². The molecule has 1 fully saturated rings. The third kappa shape index (κ3) is 5.89. The summed E-state index contributed by atoms with van der Waals surface area (Å²) in [6, 6.07) is 0. The maximum absolute atomic E-state index is 10.8. The van der Waals surface area contributed by atoms with Crippen LogP contribution in [0.1, 0.15) is 34.1 Å². The number of ether oxygens (including phenoxy) is 1. The van der Waals surface area contributed by atoms with Crippen molar-refractivity contribution >= 4 is 5.97 Å². The SMILES string of the molecule is CCN1CCOC(CN(CCC(=O)O)C(C)(C)C)C1. The van der Waals surface area contributed by atoms with Gasteiger partial charge in [0.25, 0.3) is 0 Å². The molecule has 1 atom stereocenters. The van der Waals surface area contributed by atoms with Crippen molar-refractivity contribution in [3.8, 4) is 0 Å². The number of hydrogen-bond donors (Lipinski definition) is 1. The van der Waals surface area contributed by atoms with Crippen LogP contribution in [-0.4, -0.2) is 71.8 Å². The van der Waals surface area contributed by atoms with Gasteiger partial charge in [0, 0.05) is 31.7 Å². The Morgan fingerprint density at radius 3 is 2.68 bits per heavy atom. The summed E-state index contributed by atoms with van der Waals surface area (Å²) < 4.78 is 5.81. The second-order valence-electron chi connectivity index (χ2n) is 6.15. The number of aliphatic carboxylic acids is 1. The fraction of sp³-hybridized carbons (Fsp3) is 0.929. The van der Waals surface area contributed by atoms with Gasteiger partial charge in [0.2, 0.25) is 0 Å². The van der Waals surface area contributed by atoms with E-state index in [4.69, 9.17) is 9.84 Å². The number of nitrogens with zero attached hydrogens (tertiary/aromatic N) is 2. The molecule has 0 spiro atoms. The maximum atomic E-state index is 10.8. The molecule has 5 nitrogen and oxygen atoms in total. The second-order valence-corrected chi connectivity index (χ2v) is 6.15. The molecule has 0 bridgehead atoms. The van der Waals surface area contributed by atoms with Crippen LogP contribution in [0.5, 0.6) is 0 Å². The molecule has 1 rings (SSSR count). The second kappa shape index (κ2) is 7.22. The van der Waals surface area contributed by atoms with Crippen LogP contribution in [0.2, 0.25) is 0 Å². The van der Waals surface area contributed by atoms with Crippen molar-refractivity contribution in [1.82, 2.24) is 9.80 Å². The Balaban J connectivity index is 2.53. The van der Waals surface area contributed by atoms with Crippen LogP contribution >= 0.6 is 0 Å². The molecule has 0 amide bonds. The van der Waals surface area contributed by atoms with E-state index in [9.17, 15) is 4.79 Å². The van der Waals surface area contributed by atoms with E-state index < -0.39 is 5.97 Å². The predicted molar refractivity (Wildman–Crippen MR) is 75.4 cm³/mol. The first-order valence-electron chi connectivity index (χ1n) is 7.13. The minimum absolute atomic E-state index is 0.0344. The zero-order valence-corrected chi connectivity index (χ0v) is 12.7. The molecular weight excluding hydrogens is 244 g/mol. The molecule has 19 heavy (non-hydrogen) atoms. The summed E-state index contributed by atoms with van der Waals surface area (Å²) in [6.07, 6.45) is 0.364. The Morgan fingerprint density at radius 1 is 1.47 bits per heavy atom. The Kier molecular flexibility index (Phi) is 6.23. The number of carboxylic acid groups (broad SMARTS) is 1. The van der Waals surface area contributed by atoms with Gasteiger partial charge >= 0.3 is 5.97 Å². The highest BCUT2D eigenvalue weighted by Gasteiger charge is 2.27. The standard InChI is InChI=1S/C14H28N2O3/c1-5-15-8-9-19-12(10-15)11-16(14(2,3)4)7-6-13(17)18/h12H,5-11H2,1-4H3,(H,17,18). The summed E-state index contributed by atoms with van der Waals surface area (Å²) >= 11 is 0. The van der Waals surface area contributed by atoms with Gasteiger partial charge in [-0.05, 0) is 27.3 Å². The van der Waals surface area contributed by atoms with Gasteiger partial charge in [-0.25, -0.2) is 0 Å². The summed E-state index contributed by atoms with van der Waals surface area (Å²) in [5.74, 6) is -0.742. The third-order valence-electron chi connectivity index (χ3n) is 3.64. The molecule has 1 aliphatic rings. The molecule has 112 valence electrons. The molecule has 0 aromatic rings. The van der Waals surface area contributed by atoms with Crippen molar-refractivity contribution in [3.05, 3.63) is 0 Å². The number of morpholine rings is 1. The monoisotopic (exact) mass is 272 g/mol. The first-order chi connectivity index (χ1) is 8.82. The molecular formula is C14H28N2O3. The van der Waals surface area contributed by atoms with Crippen molar-refractivity contribution < 1.29 is 14.6 Å². The summed E-state index contributed by atoms with van der Waals surface area (Å²) in [5, 5.41) is 8.85. The van der Waals surface area contributed by atoms with Crippen LogP contribution in [0.4, 0.5) is 0 Å². The lowest BCUT2D eigenvalue weighted by molar-refractivity contribution is -0.138. The molecule has 0 aromatic carbocycles. The highest BCUT2D eigenvalue weighted by molar-refractivity contribution is 5.66. The average molecular weight is 272 g/mol. The van der Waals surface area contributed by atoms with E-state index in [2.05, 4.69) is 37.5 Å². The number of hydrogen-bond acceptors (Lipinski definition) is 4. The van der Waals surface area contributed by atoms with Crippen LogP contribution in [0.25, 0.3) is 0 Å². The normalized spacial score (nSPS) is 21.8. The molecule has 1 saturated heterocycles. The van der Waals surface area contributed by atoms with Crippen molar-refractivity contribution in [3.63, 3.8) is 0 Å². The zero-order valence-electron chi connectivity index (χ0n) is 12.7. The fourth-order valence-corrected chi connectivity index (χ4v) is 2.36. The lowest BCUT2D eigenvalue weighted by atomic mass is 10.0. The van der Waals surface area contributed by atoms with Crippen molar-refractivity contribution in [2.24, 2.45) is 0 Å². The maximum Gasteiger partial charge on any atom is 0.304 e. The molecule has 0 aliphatic carbocycles. The van der Waals surface area contributed by atoms with Gasteiger partial charge in [-0.2, -0.15) is 0 Å². The van der Waals surface area contributed by atoms with Gasteiger partial charge in [0.15, 0.2) is 0 Å². The Bertz CT molecular complexity index is 289. The minimum atomic E-state index is -0.742. The minimum Gasteiger partial charge on any atom is -0.481 e. The van der Waals surface area contributed by atoms with Gasteiger partial charge in [-0.1, -0.05) is 6.92 Å². The Hall–Kier alpha value is -0.650. The smallest absolute Gasteiger partial charge is 0.304 e. The molecule has 0 saturated carbocycles. The first-order valence-corrected chi connectivity index (χ1v) is 7.13. The molecule has 0 radical (unpaired) electrons. The molecule has 1 aliphatic heterocycles. The van der Waals surface area contributed by atoms with Crippen LogP contribution in [-0.2, 0) is 9.53 Å². The van der Waals surface area contributed by atoms with Gasteiger partial charge in [0.1, 0.15) is 0 Å². The number of carboxylic acids is 1. The molecule has 1 heterocycles. The van der Waals surface area contributed by atoms with E-state index in [0.29, 0.717) is 6.54 Å². The summed E-state index contributed by atoms with van der Waals surface area (Å²) in [5.41, 5.74) is -0.0344. The highest BCUT2D eigenvalue weighted by Crippen LogP contribution is 2.16. The summed E-state index contributed by atoms with van der Waals surface area (Å²) in [4.78, 5) is 15.3.